The third-order valence-electron chi connectivity index (χ3n) is 3.91. The summed E-state index contributed by atoms with van der Waals surface area (Å²) in [6, 6.07) is 9.32. The molecule has 0 aliphatic carbocycles. The van der Waals surface area contributed by atoms with Crippen LogP contribution in [0.4, 0.5) is 0 Å². The minimum Gasteiger partial charge on any atom is -0.460 e. The molecule has 23 heavy (non-hydrogen) atoms. The first-order valence-corrected chi connectivity index (χ1v) is 7.50. The topological polar surface area (TPSA) is 99.5 Å². The van der Waals surface area contributed by atoms with E-state index in [9.17, 15) is 20.1 Å². The number of hydrogen-bond donors (Lipinski definition) is 3. The molecule has 7 heteroatoms. The highest BCUT2D eigenvalue weighted by molar-refractivity contribution is 5.71. The van der Waals surface area contributed by atoms with Crippen molar-refractivity contribution >= 4 is 5.97 Å². The summed E-state index contributed by atoms with van der Waals surface area (Å²) in [6.07, 6.45) is -4.37. The Hall–Kier alpha value is -1.51. The van der Waals surface area contributed by atoms with Gasteiger partial charge in [0.1, 0.15) is 18.8 Å². The van der Waals surface area contributed by atoms with E-state index in [0.29, 0.717) is 0 Å². The van der Waals surface area contributed by atoms with Gasteiger partial charge in [-0.2, -0.15) is 0 Å². The zero-order valence-corrected chi connectivity index (χ0v) is 13.0. The second kappa shape index (κ2) is 8.37. The number of likely N-dealkylation sites (tertiary alicyclic amines) is 1. The first-order chi connectivity index (χ1) is 11.0. The van der Waals surface area contributed by atoms with Gasteiger partial charge >= 0.3 is 5.97 Å². The number of ether oxygens (including phenoxy) is 2. The maximum Gasteiger partial charge on any atom is 0.320 e. The van der Waals surface area contributed by atoms with Crippen LogP contribution in [0.5, 0.6) is 0 Å². The highest BCUT2D eigenvalue weighted by Crippen LogP contribution is 2.15. The van der Waals surface area contributed by atoms with Gasteiger partial charge in [-0.05, 0) is 5.56 Å². The molecule has 3 N–H and O–H groups in total. The molecule has 1 heterocycles. The summed E-state index contributed by atoms with van der Waals surface area (Å²) in [5, 5.41) is 29.6. The van der Waals surface area contributed by atoms with Crippen molar-refractivity contribution in [2.24, 2.45) is 0 Å². The van der Waals surface area contributed by atoms with Gasteiger partial charge in [0, 0.05) is 20.2 Å². The molecule has 0 radical (unpaired) electrons. The van der Waals surface area contributed by atoms with Gasteiger partial charge in [0.2, 0.25) is 0 Å². The van der Waals surface area contributed by atoms with E-state index in [1.807, 2.05) is 30.3 Å². The van der Waals surface area contributed by atoms with Crippen molar-refractivity contribution in [2.75, 3.05) is 26.7 Å². The van der Waals surface area contributed by atoms with Crippen molar-refractivity contribution in [3.8, 4) is 0 Å². The lowest BCUT2D eigenvalue weighted by atomic mass is 10.1. The maximum absolute atomic E-state index is 12.0. The molecule has 0 spiro atoms. The van der Waals surface area contributed by atoms with Gasteiger partial charge in [0.25, 0.3) is 0 Å². The van der Waals surface area contributed by atoms with Gasteiger partial charge in [-0.1, -0.05) is 30.3 Å². The molecular formula is C16H23NO6. The van der Waals surface area contributed by atoms with Crippen LogP contribution in [0, 0.1) is 0 Å². The van der Waals surface area contributed by atoms with E-state index in [-0.39, 0.29) is 26.2 Å². The zero-order chi connectivity index (χ0) is 16.8. The summed E-state index contributed by atoms with van der Waals surface area (Å²) in [7, 11) is 1.41. The van der Waals surface area contributed by atoms with Crippen molar-refractivity contribution in [2.45, 2.75) is 31.0 Å². The molecule has 0 amide bonds. The SMILES string of the molecule is CO[C@H]1CN(CC(=O)OCc2ccccc2)C[C@@H](O)[C@H](O)[C@@H]1O. The lowest BCUT2D eigenvalue weighted by molar-refractivity contribution is -0.146. The molecule has 1 aliphatic heterocycles. The average Bonchev–Trinajstić information content (AvgIpc) is 2.66. The highest BCUT2D eigenvalue weighted by atomic mass is 16.5. The number of carbonyl (C=O) groups excluding carboxylic acids is 1. The Balaban J connectivity index is 1.89. The van der Waals surface area contributed by atoms with Gasteiger partial charge < -0.3 is 24.8 Å². The van der Waals surface area contributed by atoms with Crippen molar-refractivity contribution in [3.63, 3.8) is 0 Å². The van der Waals surface area contributed by atoms with E-state index in [2.05, 4.69) is 0 Å². The Labute approximate surface area is 135 Å². The molecule has 1 aromatic carbocycles. The molecule has 0 aromatic heterocycles. The normalized spacial score (nSPS) is 29.0. The molecule has 1 aromatic rings. The van der Waals surface area contributed by atoms with E-state index in [1.165, 1.54) is 7.11 Å². The monoisotopic (exact) mass is 325 g/mol. The quantitative estimate of drug-likeness (QED) is 0.606. The predicted molar refractivity (Wildman–Crippen MR) is 81.5 cm³/mol. The Kier molecular flexibility index (Phi) is 6.49. The molecular weight excluding hydrogens is 302 g/mol. The number of benzene rings is 1. The van der Waals surface area contributed by atoms with Crippen molar-refractivity contribution in [1.29, 1.82) is 0 Å². The Morgan fingerprint density at radius 3 is 2.52 bits per heavy atom. The van der Waals surface area contributed by atoms with Crippen LogP contribution >= 0.6 is 0 Å². The fourth-order valence-electron chi connectivity index (χ4n) is 2.57. The molecule has 0 bridgehead atoms. The third kappa shape index (κ3) is 4.98. The standard InChI is InChI=1S/C16H23NO6/c1-22-13-8-17(7-12(18)15(20)16(13)21)9-14(19)23-10-11-5-3-2-4-6-11/h2-6,12-13,15-16,18,20-21H,7-10H2,1H3/t12-,13+,15+,16-/m1/s1. The predicted octanol–water partition coefficient (Wildman–Crippen LogP) is -0.857. The molecule has 7 nitrogen and oxygen atoms in total. The number of hydrogen-bond acceptors (Lipinski definition) is 7. The summed E-state index contributed by atoms with van der Waals surface area (Å²) in [6.45, 7) is 0.392. The first-order valence-electron chi connectivity index (χ1n) is 7.50. The van der Waals surface area contributed by atoms with Crippen LogP contribution in [0.3, 0.4) is 0 Å². The third-order valence-corrected chi connectivity index (χ3v) is 3.91. The lowest BCUT2D eigenvalue weighted by Crippen LogP contribution is -2.44. The molecule has 4 atom stereocenters. The minimum absolute atomic E-state index is 0.0524. The van der Waals surface area contributed by atoms with Crippen LogP contribution in [0.1, 0.15) is 5.56 Å². The molecule has 2 rings (SSSR count). The fourth-order valence-corrected chi connectivity index (χ4v) is 2.57. The van der Waals surface area contributed by atoms with Gasteiger partial charge in [0.05, 0.1) is 18.8 Å². The van der Waals surface area contributed by atoms with Crippen LogP contribution in [-0.4, -0.2) is 77.3 Å². The Morgan fingerprint density at radius 1 is 1.17 bits per heavy atom. The number of carbonyl (C=O) groups is 1. The van der Waals surface area contributed by atoms with Crippen LogP contribution < -0.4 is 0 Å². The molecule has 1 fully saturated rings. The smallest absolute Gasteiger partial charge is 0.320 e. The van der Waals surface area contributed by atoms with E-state index in [1.54, 1.807) is 4.90 Å². The van der Waals surface area contributed by atoms with E-state index in [0.717, 1.165) is 5.56 Å². The summed E-state index contributed by atoms with van der Waals surface area (Å²) in [5.74, 6) is -0.443. The van der Waals surface area contributed by atoms with E-state index in [4.69, 9.17) is 9.47 Å². The number of aliphatic hydroxyl groups excluding tert-OH is 3. The van der Waals surface area contributed by atoms with Crippen molar-refractivity contribution < 1.29 is 29.6 Å². The van der Waals surface area contributed by atoms with E-state index >= 15 is 0 Å². The number of β-amino-alcohol motifs (C(OH)–C–C–N with tert-alkyl or cyclic N) is 1. The van der Waals surface area contributed by atoms with Crippen LogP contribution in [-0.2, 0) is 20.9 Å². The van der Waals surface area contributed by atoms with Crippen LogP contribution in [0.15, 0.2) is 30.3 Å². The molecule has 0 saturated carbocycles. The molecule has 1 saturated heterocycles. The van der Waals surface area contributed by atoms with Gasteiger partial charge in [-0.3, -0.25) is 9.69 Å². The molecule has 1 aliphatic rings. The molecule has 128 valence electrons. The summed E-state index contributed by atoms with van der Waals surface area (Å²) >= 11 is 0. The van der Waals surface area contributed by atoms with Gasteiger partial charge in [-0.15, -0.1) is 0 Å². The number of methoxy groups -OCH3 is 1. The Morgan fingerprint density at radius 2 is 1.87 bits per heavy atom. The summed E-state index contributed by atoms with van der Waals surface area (Å²) in [4.78, 5) is 13.6. The fraction of sp³-hybridized carbons (Fsp3) is 0.562. The number of aliphatic hydroxyl groups is 3. The van der Waals surface area contributed by atoms with Crippen LogP contribution in [0.2, 0.25) is 0 Å². The van der Waals surface area contributed by atoms with Gasteiger partial charge in [0.15, 0.2) is 0 Å². The second-order valence-electron chi connectivity index (χ2n) is 5.66. The van der Waals surface area contributed by atoms with Crippen molar-refractivity contribution in [3.05, 3.63) is 35.9 Å². The summed E-state index contributed by atoms with van der Waals surface area (Å²) < 4.78 is 10.3. The average molecular weight is 325 g/mol. The zero-order valence-electron chi connectivity index (χ0n) is 13.0. The first kappa shape index (κ1) is 17.8. The lowest BCUT2D eigenvalue weighted by Gasteiger charge is -2.24. The van der Waals surface area contributed by atoms with Gasteiger partial charge in [-0.25, -0.2) is 0 Å². The number of esters is 1. The molecule has 0 unspecified atom stereocenters. The van der Waals surface area contributed by atoms with Crippen LogP contribution in [0.25, 0.3) is 0 Å². The maximum atomic E-state index is 12.0. The summed E-state index contributed by atoms with van der Waals surface area (Å²) in [5.41, 5.74) is 0.886. The minimum atomic E-state index is -1.31. The largest absolute Gasteiger partial charge is 0.460 e. The second-order valence-corrected chi connectivity index (χ2v) is 5.66. The Bertz CT molecular complexity index is 497. The number of nitrogens with zero attached hydrogens (tertiary/aromatic N) is 1. The number of rotatable bonds is 5. The van der Waals surface area contributed by atoms with E-state index < -0.39 is 30.4 Å². The van der Waals surface area contributed by atoms with Crippen molar-refractivity contribution in [1.82, 2.24) is 4.90 Å². The highest BCUT2D eigenvalue weighted by Gasteiger charge is 2.37.